The van der Waals surface area contributed by atoms with E-state index in [9.17, 15) is 9.11 Å². The van der Waals surface area contributed by atoms with Crippen molar-refractivity contribution in [3.63, 3.8) is 0 Å². The first-order valence-electron chi connectivity index (χ1n) is 12.4. The number of nitrogens with zero attached hydrogens (tertiary/aromatic N) is 4. The number of aromatic nitrogens is 4. The topological polar surface area (TPSA) is 131 Å². The van der Waals surface area contributed by atoms with Gasteiger partial charge in [0.05, 0.1) is 31.5 Å². The number of benzene rings is 1. The fourth-order valence-corrected chi connectivity index (χ4v) is 6.54. The Morgan fingerprint density at radius 3 is 2.68 bits per heavy atom. The van der Waals surface area contributed by atoms with Gasteiger partial charge < -0.3 is 25.3 Å². The fourth-order valence-electron chi connectivity index (χ4n) is 4.79. The predicted octanol–water partition coefficient (Wildman–Crippen LogP) is 4.34. The first kappa shape index (κ1) is 25.9. The maximum absolute atomic E-state index is 10.8. The Kier molecular flexibility index (Phi) is 7.37. The van der Waals surface area contributed by atoms with Crippen LogP contribution in [0.4, 0.5) is 11.5 Å². The largest absolute Gasteiger partial charge is 0.377 e. The van der Waals surface area contributed by atoms with Gasteiger partial charge in [-0.05, 0) is 62.7 Å². The van der Waals surface area contributed by atoms with Crippen LogP contribution in [-0.2, 0) is 16.0 Å². The van der Waals surface area contributed by atoms with Crippen LogP contribution in [0.15, 0.2) is 42.7 Å². The first-order valence-corrected chi connectivity index (χ1v) is 14.7. The van der Waals surface area contributed by atoms with Crippen molar-refractivity contribution in [1.82, 2.24) is 25.3 Å². The maximum atomic E-state index is 10.8. The minimum atomic E-state index is -2.85. The molecule has 3 aromatic rings. The summed E-state index contributed by atoms with van der Waals surface area (Å²) in [4.78, 5) is 19.2. The van der Waals surface area contributed by atoms with Gasteiger partial charge in [-0.25, -0.2) is 15.0 Å². The van der Waals surface area contributed by atoms with Crippen molar-refractivity contribution in [2.75, 3.05) is 36.2 Å². The van der Waals surface area contributed by atoms with Gasteiger partial charge in [-0.1, -0.05) is 0 Å². The molecular formula is C25H33N7O3S2. The molecule has 2 aliphatic rings. The normalized spacial score (nSPS) is 19.7. The highest BCUT2D eigenvalue weighted by atomic mass is 32.3. The van der Waals surface area contributed by atoms with Gasteiger partial charge in [0.15, 0.2) is 10.9 Å². The molecule has 198 valence electrons. The van der Waals surface area contributed by atoms with Crippen LogP contribution in [0.2, 0.25) is 0 Å². The van der Waals surface area contributed by atoms with E-state index in [0.29, 0.717) is 49.2 Å². The molecule has 3 heterocycles. The zero-order valence-electron chi connectivity index (χ0n) is 21.0. The number of aromatic amines is 1. The van der Waals surface area contributed by atoms with Crippen LogP contribution in [0.5, 0.6) is 0 Å². The van der Waals surface area contributed by atoms with E-state index in [1.54, 1.807) is 12.4 Å². The van der Waals surface area contributed by atoms with Gasteiger partial charge in [0.1, 0.15) is 16.4 Å². The van der Waals surface area contributed by atoms with E-state index in [1.165, 1.54) is 6.26 Å². The Morgan fingerprint density at radius 2 is 2.05 bits per heavy atom. The SMILES string of the molecule is C[C@H]1COCCN1c1cc(C2(S(C)(O)O)CCC2)nc(-c2ccc(NC(=S)NCc3ncc[nH]3)cc2)n1. The molecular weight excluding hydrogens is 510 g/mol. The predicted molar refractivity (Wildman–Crippen MR) is 151 cm³/mol. The summed E-state index contributed by atoms with van der Waals surface area (Å²) in [5.41, 5.74) is 2.37. The third-order valence-electron chi connectivity index (χ3n) is 7.12. The monoisotopic (exact) mass is 543 g/mol. The fraction of sp³-hybridized carbons (Fsp3) is 0.440. The number of nitrogens with one attached hydrogen (secondary N) is 3. The van der Waals surface area contributed by atoms with E-state index < -0.39 is 15.3 Å². The lowest BCUT2D eigenvalue weighted by atomic mass is 9.81. The zero-order chi connectivity index (χ0) is 26.0. The van der Waals surface area contributed by atoms with Gasteiger partial charge in [0, 0.05) is 42.5 Å². The molecule has 0 spiro atoms. The molecule has 0 unspecified atom stereocenters. The van der Waals surface area contributed by atoms with Crippen LogP contribution in [0, 0.1) is 0 Å². The number of anilines is 2. The average Bonchev–Trinajstić information content (AvgIpc) is 3.35. The Balaban J connectivity index is 1.41. The summed E-state index contributed by atoms with van der Waals surface area (Å²) in [5.74, 6) is 2.15. The molecule has 2 fully saturated rings. The quantitative estimate of drug-likeness (QED) is 0.274. The van der Waals surface area contributed by atoms with Crippen LogP contribution < -0.4 is 15.5 Å². The van der Waals surface area contributed by atoms with Gasteiger partial charge in [-0.3, -0.25) is 9.11 Å². The highest BCUT2D eigenvalue weighted by molar-refractivity contribution is 8.24. The second-order valence-corrected chi connectivity index (χ2v) is 12.5. The minimum Gasteiger partial charge on any atom is -0.377 e. The summed E-state index contributed by atoms with van der Waals surface area (Å²) in [6.45, 7) is 4.57. The Morgan fingerprint density at radius 1 is 1.27 bits per heavy atom. The maximum Gasteiger partial charge on any atom is 0.171 e. The molecule has 1 atom stereocenters. The van der Waals surface area contributed by atoms with Crippen LogP contribution in [0.25, 0.3) is 11.4 Å². The van der Waals surface area contributed by atoms with Gasteiger partial charge in [0.2, 0.25) is 0 Å². The van der Waals surface area contributed by atoms with E-state index >= 15 is 0 Å². The van der Waals surface area contributed by atoms with Gasteiger partial charge in [-0.15, -0.1) is 0 Å². The molecule has 5 N–H and O–H groups in total. The number of thiocarbonyl (C=S) groups is 1. The van der Waals surface area contributed by atoms with Crippen molar-refractivity contribution in [2.24, 2.45) is 0 Å². The number of H-pyrrole nitrogens is 1. The summed E-state index contributed by atoms with van der Waals surface area (Å²) >= 11 is 5.40. The molecule has 10 nitrogen and oxygen atoms in total. The van der Waals surface area contributed by atoms with E-state index in [1.807, 2.05) is 30.3 Å². The second kappa shape index (κ2) is 10.5. The Labute approximate surface area is 223 Å². The van der Waals surface area contributed by atoms with E-state index in [-0.39, 0.29) is 6.04 Å². The van der Waals surface area contributed by atoms with Crippen molar-refractivity contribution >= 4 is 39.4 Å². The molecule has 1 saturated heterocycles. The number of hydrogen-bond acceptors (Lipinski definition) is 8. The van der Waals surface area contributed by atoms with Gasteiger partial charge >= 0.3 is 0 Å². The van der Waals surface area contributed by atoms with Crippen molar-refractivity contribution < 1.29 is 13.8 Å². The number of ether oxygens (including phenoxy) is 1. The number of imidazole rings is 1. The summed E-state index contributed by atoms with van der Waals surface area (Å²) in [6, 6.07) is 9.85. The summed E-state index contributed by atoms with van der Waals surface area (Å²) in [6.07, 6.45) is 7.35. The first-order chi connectivity index (χ1) is 17.7. The average molecular weight is 544 g/mol. The zero-order valence-corrected chi connectivity index (χ0v) is 22.6. The highest BCUT2D eigenvalue weighted by Crippen LogP contribution is 2.65. The Bertz CT molecular complexity index is 1230. The third kappa shape index (κ3) is 5.43. The van der Waals surface area contributed by atoms with Gasteiger partial charge in [-0.2, -0.15) is 10.6 Å². The van der Waals surface area contributed by atoms with Crippen molar-refractivity contribution in [2.45, 2.75) is 43.5 Å². The lowest BCUT2D eigenvalue weighted by Gasteiger charge is -2.53. The summed E-state index contributed by atoms with van der Waals surface area (Å²) in [5, 5.41) is 6.79. The van der Waals surface area contributed by atoms with Gasteiger partial charge in [0.25, 0.3) is 0 Å². The highest BCUT2D eigenvalue weighted by Gasteiger charge is 2.49. The Hall–Kier alpha value is -2.77. The molecule has 1 aliphatic heterocycles. The van der Waals surface area contributed by atoms with Crippen LogP contribution in [-0.4, -0.2) is 66.2 Å². The molecule has 5 rings (SSSR count). The standard InChI is InChI=1S/C25H33N7O3S2/c1-17-16-35-13-12-32(17)22-14-20(25(8-3-9-25)37(2,33)34)30-23(31-22)18-4-6-19(7-5-18)29-24(36)28-15-21-26-10-11-27-21/h4-7,10-11,14,17,33-34H,3,8-9,12-13,15-16H2,1-2H3,(H,26,27)(H2,28,29,36)/t17-/m0/s1. The van der Waals surface area contributed by atoms with Crippen LogP contribution in [0.3, 0.4) is 0 Å². The van der Waals surface area contributed by atoms with E-state index in [2.05, 4.69) is 32.4 Å². The van der Waals surface area contributed by atoms with E-state index in [4.69, 9.17) is 26.9 Å². The molecule has 2 aromatic heterocycles. The molecule has 1 aromatic carbocycles. The molecule has 1 aliphatic carbocycles. The van der Waals surface area contributed by atoms with Crippen molar-refractivity contribution in [3.8, 4) is 11.4 Å². The lowest BCUT2D eigenvalue weighted by molar-refractivity contribution is 0.0985. The molecule has 12 heteroatoms. The summed E-state index contributed by atoms with van der Waals surface area (Å²) in [7, 11) is -2.85. The summed E-state index contributed by atoms with van der Waals surface area (Å²) < 4.78 is 26.5. The number of rotatable bonds is 7. The smallest absolute Gasteiger partial charge is 0.171 e. The molecule has 37 heavy (non-hydrogen) atoms. The minimum absolute atomic E-state index is 0.157. The molecule has 0 amide bonds. The van der Waals surface area contributed by atoms with Crippen LogP contribution in [0.1, 0.15) is 37.7 Å². The number of hydrogen-bond donors (Lipinski definition) is 5. The van der Waals surface area contributed by atoms with Crippen molar-refractivity contribution in [1.29, 1.82) is 0 Å². The van der Waals surface area contributed by atoms with Crippen LogP contribution >= 0.6 is 22.8 Å². The third-order valence-corrected chi connectivity index (χ3v) is 9.46. The molecule has 0 bridgehead atoms. The second-order valence-electron chi connectivity index (χ2n) is 9.65. The number of morpholine rings is 1. The lowest BCUT2D eigenvalue weighted by Crippen LogP contribution is -2.45. The molecule has 1 saturated carbocycles. The molecule has 0 radical (unpaired) electrons. The van der Waals surface area contributed by atoms with Crippen molar-refractivity contribution in [3.05, 3.63) is 54.2 Å². The van der Waals surface area contributed by atoms with E-state index in [0.717, 1.165) is 35.9 Å².